The van der Waals surface area contributed by atoms with Crippen molar-refractivity contribution in [3.8, 4) is 0 Å². The second-order valence-electron chi connectivity index (χ2n) is 6.81. The summed E-state index contributed by atoms with van der Waals surface area (Å²) >= 11 is 0. The standard InChI is InChI=1S/C22H27NO/c1-4-17(5-2)22(24)23-15-14-18-8-6-7-9-20(18)21(23)19-12-10-16(3)11-13-19/h6-13,17,21H,4-5,14-15H2,1-3H3/t21-/m1/s1. The van der Waals surface area contributed by atoms with Gasteiger partial charge >= 0.3 is 0 Å². The molecule has 0 N–H and O–H groups in total. The van der Waals surface area contributed by atoms with E-state index in [1.54, 1.807) is 0 Å². The van der Waals surface area contributed by atoms with Crippen molar-refractivity contribution < 1.29 is 4.79 Å². The van der Waals surface area contributed by atoms with Gasteiger partial charge in [-0.2, -0.15) is 0 Å². The lowest BCUT2D eigenvalue weighted by Gasteiger charge is -2.39. The zero-order valence-corrected chi connectivity index (χ0v) is 15.0. The molecule has 0 aliphatic carbocycles. The molecule has 0 fully saturated rings. The molecule has 3 rings (SSSR count). The average Bonchev–Trinajstić information content (AvgIpc) is 2.62. The summed E-state index contributed by atoms with van der Waals surface area (Å²) in [5.74, 6) is 0.434. The van der Waals surface area contributed by atoms with Gasteiger partial charge in [0.15, 0.2) is 0 Å². The lowest BCUT2D eigenvalue weighted by atomic mass is 9.86. The summed E-state index contributed by atoms with van der Waals surface area (Å²) < 4.78 is 0. The first-order chi connectivity index (χ1) is 11.7. The predicted molar refractivity (Wildman–Crippen MR) is 99.0 cm³/mol. The summed E-state index contributed by atoms with van der Waals surface area (Å²) in [6.45, 7) is 7.15. The smallest absolute Gasteiger partial charge is 0.226 e. The van der Waals surface area contributed by atoms with Gasteiger partial charge in [-0.25, -0.2) is 0 Å². The van der Waals surface area contributed by atoms with Gasteiger partial charge in [-0.1, -0.05) is 67.9 Å². The van der Waals surface area contributed by atoms with Crippen molar-refractivity contribution in [2.45, 2.75) is 46.1 Å². The van der Waals surface area contributed by atoms with Gasteiger partial charge in [0.1, 0.15) is 0 Å². The zero-order chi connectivity index (χ0) is 17.1. The van der Waals surface area contributed by atoms with E-state index in [4.69, 9.17) is 0 Å². The highest BCUT2D eigenvalue weighted by atomic mass is 16.2. The van der Waals surface area contributed by atoms with Crippen molar-refractivity contribution in [3.63, 3.8) is 0 Å². The molecule has 2 nitrogen and oxygen atoms in total. The summed E-state index contributed by atoms with van der Waals surface area (Å²) in [6.07, 6.45) is 2.77. The van der Waals surface area contributed by atoms with E-state index in [2.05, 4.69) is 74.2 Å². The first kappa shape index (κ1) is 16.8. The average molecular weight is 321 g/mol. The zero-order valence-electron chi connectivity index (χ0n) is 15.0. The van der Waals surface area contributed by atoms with Crippen LogP contribution in [0.4, 0.5) is 0 Å². The molecule has 1 aliphatic rings. The Kier molecular flexibility index (Phi) is 5.03. The van der Waals surface area contributed by atoms with Crippen molar-refractivity contribution in [1.82, 2.24) is 4.90 Å². The number of fused-ring (bicyclic) bond motifs is 1. The molecule has 2 heteroatoms. The van der Waals surface area contributed by atoms with Crippen LogP contribution in [0.1, 0.15) is 55.0 Å². The predicted octanol–water partition coefficient (Wildman–Crippen LogP) is 4.91. The fourth-order valence-electron chi connectivity index (χ4n) is 3.78. The van der Waals surface area contributed by atoms with E-state index in [-0.39, 0.29) is 12.0 Å². The third-order valence-corrected chi connectivity index (χ3v) is 5.29. The van der Waals surface area contributed by atoms with Crippen molar-refractivity contribution >= 4 is 5.91 Å². The molecule has 0 radical (unpaired) electrons. The Hall–Kier alpha value is -2.09. The third kappa shape index (κ3) is 3.10. The van der Waals surface area contributed by atoms with Crippen molar-refractivity contribution in [2.75, 3.05) is 6.54 Å². The number of carbonyl (C=O) groups excluding carboxylic acids is 1. The highest BCUT2D eigenvalue weighted by molar-refractivity contribution is 5.80. The summed E-state index contributed by atoms with van der Waals surface area (Å²) in [5, 5.41) is 0. The lowest BCUT2D eigenvalue weighted by molar-refractivity contribution is -0.137. The van der Waals surface area contributed by atoms with Crippen LogP contribution in [0.25, 0.3) is 0 Å². The van der Waals surface area contributed by atoms with Crippen LogP contribution in [0.5, 0.6) is 0 Å². The maximum Gasteiger partial charge on any atom is 0.226 e. The normalized spacial score (nSPS) is 17.0. The Bertz CT molecular complexity index is 700. The number of carbonyl (C=O) groups is 1. The minimum Gasteiger partial charge on any atom is -0.331 e. The van der Waals surface area contributed by atoms with Crippen LogP contribution in [0.2, 0.25) is 0 Å². The molecule has 24 heavy (non-hydrogen) atoms. The van der Waals surface area contributed by atoms with Crippen LogP contribution in [-0.2, 0) is 11.2 Å². The van der Waals surface area contributed by atoms with Crippen molar-refractivity contribution in [1.29, 1.82) is 0 Å². The summed E-state index contributed by atoms with van der Waals surface area (Å²) in [4.78, 5) is 15.3. The van der Waals surface area contributed by atoms with Crippen LogP contribution in [-0.4, -0.2) is 17.4 Å². The summed E-state index contributed by atoms with van der Waals surface area (Å²) in [6, 6.07) is 17.3. The van der Waals surface area contributed by atoms with Gasteiger partial charge in [0.2, 0.25) is 5.91 Å². The first-order valence-corrected chi connectivity index (χ1v) is 9.10. The van der Waals surface area contributed by atoms with Gasteiger partial charge in [0.25, 0.3) is 0 Å². The SMILES string of the molecule is CCC(CC)C(=O)N1CCc2ccccc2[C@H]1c1ccc(C)cc1. The molecule has 0 aromatic heterocycles. The topological polar surface area (TPSA) is 20.3 Å². The largest absolute Gasteiger partial charge is 0.331 e. The van der Waals surface area contributed by atoms with Crippen LogP contribution in [0.15, 0.2) is 48.5 Å². The molecule has 1 aliphatic heterocycles. The number of aryl methyl sites for hydroxylation is 1. The van der Waals surface area contributed by atoms with Gasteiger partial charge in [0, 0.05) is 12.5 Å². The number of amides is 1. The third-order valence-electron chi connectivity index (χ3n) is 5.29. The number of nitrogens with zero attached hydrogens (tertiary/aromatic N) is 1. The van der Waals surface area contributed by atoms with E-state index in [1.165, 1.54) is 22.3 Å². The summed E-state index contributed by atoms with van der Waals surface area (Å²) in [7, 11) is 0. The minimum absolute atomic E-state index is 0.0450. The van der Waals surface area contributed by atoms with E-state index < -0.39 is 0 Å². The molecule has 2 aromatic rings. The molecule has 0 saturated carbocycles. The second kappa shape index (κ2) is 7.21. The molecular formula is C22H27NO. The van der Waals surface area contributed by atoms with E-state index in [0.29, 0.717) is 5.91 Å². The van der Waals surface area contributed by atoms with Gasteiger partial charge in [-0.05, 0) is 42.9 Å². The Labute approximate surface area is 145 Å². The number of rotatable bonds is 4. The van der Waals surface area contributed by atoms with Crippen LogP contribution in [0.3, 0.4) is 0 Å². The van der Waals surface area contributed by atoms with Crippen LogP contribution >= 0.6 is 0 Å². The Morgan fingerprint density at radius 3 is 2.42 bits per heavy atom. The lowest BCUT2D eigenvalue weighted by Crippen LogP contribution is -2.43. The maximum absolute atomic E-state index is 13.1. The molecule has 0 bridgehead atoms. The van der Waals surface area contributed by atoms with Gasteiger partial charge < -0.3 is 4.90 Å². The molecule has 2 aromatic carbocycles. The molecule has 0 saturated heterocycles. The second-order valence-corrected chi connectivity index (χ2v) is 6.81. The number of hydrogen-bond donors (Lipinski definition) is 0. The van der Waals surface area contributed by atoms with Gasteiger partial charge in [-0.3, -0.25) is 4.79 Å². The van der Waals surface area contributed by atoms with E-state index in [1.807, 2.05) is 0 Å². The fraction of sp³-hybridized carbons (Fsp3) is 0.409. The highest BCUT2D eigenvalue weighted by Gasteiger charge is 2.33. The quantitative estimate of drug-likeness (QED) is 0.784. The Morgan fingerprint density at radius 1 is 1.08 bits per heavy atom. The molecule has 0 unspecified atom stereocenters. The number of benzene rings is 2. The Balaban J connectivity index is 2.05. The van der Waals surface area contributed by atoms with E-state index in [9.17, 15) is 4.79 Å². The number of hydrogen-bond acceptors (Lipinski definition) is 1. The Morgan fingerprint density at radius 2 is 1.75 bits per heavy atom. The molecule has 1 amide bonds. The van der Waals surface area contributed by atoms with Crippen LogP contribution in [0, 0.1) is 12.8 Å². The van der Waals surface area contributed by atoms with Crippen molar-refractivity contribution in [3.05, 3.63) is 70.8 Å². The highest BCUT2D eigenvalue weighted by Crippen LogP contribution is 2.36. The monoisotopic (exact) mass is 321 g/mol. The molecular weight excluding hydrogens is 294 g/mol. The minimum atomic E-state index is 0.0450. The maximum atomic E-state index is 13.1. The molecule has 0 spiro atoms. The van der Waals surface area contributed by atoms with E-state index >= 15 is 0 Å². The first-order valence-electron chi connectivity index (χ1n) is 9.10. The molecule has 1 heterocycles. The van der Waals surface area contributed by atoms with Gasteiger partial charge in [-0.15, -0.1) is 0 Å². The van der Waals surface area contributed by atoms with Crippen molar-refractivity contribution in [2.24, 2.45) is 5.92 Å². The molecule has 1 atom stereocenters. The van der Waals surface area contributed by atoms with E-state index in [0.717, 1.165) is 25.8 Å². The van der Waals surface area contributed by atoms with Crippen LogP contribution < -0.4 is 0 Å². The van der Waals surface area contributed by atoms with Gasteiger partial charge in [0.05, 0.1) is 6.04 Å². The fourth-order valence-corrected chi connectivity index (χ4v) is 3.78. The summed E-state index contributed by atoms with van der Waals surface area (Å²) in [5.41, 5.74) is 5.12. The molecule has 126 valence electrons.